The van der Waals surface area contributed by atoms with Crippen LogP contribution in [-0.4, -0.2) is 21.6 Å². The van der Waals surface area contributed by atoms with Crippen molar-refractivity contribution in [2.24, 2.45) is 5.73 Å². The summed E-state index contributed by atoms with van der Waals surface area (Å²) in [6.07, 6.45) is 0. The highest BCUT2D eigenvalue weighted by Gasteiger charge is 2.14. The summed E-state index contributed by atoms with van der Waals surface area (Å²) in [7, 11) is 0. The van der Waals surface area contributed by atoms with E-state index < -0.39 is 11.9 Å². The molecule has 0 unspecified atom stereocenters. The van der Waals surface area contributed by atoms with Gasteiger partial charge in [-0.1, -0.05) is 12.1 Å². The fourth-order valence-corrected chi connectivity index (χ4v) is 2.27. The first-order chi connectivity index (χ1) is 9.40. The molecule has 0 radical (unpaired) electrons. The predicted molar refractivity (Wildman–Crippen MR) is 74.9 cm³/mol. The molecule has 0 saturated heterocycles. The van der Waals surface area contributed by atoms with Crippen molar-refractivity contribution in [1.29, 1.82) is 0 Å². The number of aryl methyl sites for hydroxylation is 1. The van der Waals surface area contributed by atoms with Crippen LogP contribution in [0, 0.1) is 13.8 Å². The fraction of sp³-hybridized carbons (Fsp3) is 0.200. The number of nitrogens with zero attached hydrogens (tertiary/aromatic N) is 1. The van der Waals surface area contributed by atoms with E-state index in [1.807, 2.05) is 17.6 Å². The van der Waals surface area contributed by atoms with Crippen LogP contribution < -0.4 is 5.73 Å². The van der Waals surface area contributed by atoms with Crippen molar-refractivity contribution in [1.82, 2.24) is 4.57 Å². The largest absolute Gasteiger partial charge is 0.478 e. The Morgan fingerprint density at radius 3 is 2.50 bits per heavy atom. The van der Waals surface area contributed by atoms with Crippen molar-refractivity contribution in [3.05, 3.63) is 58.4 Å². The Morgan fingerprint density at radius 2 is 1.95 bits per heavy atom. The van der Waals surface area contributed by atoms with Gasteiger partial charge in [0.25, 0.3) is 0 Å². The lowest BCUT2D eigenvalue weighted by atomic mass is 10.1. The van der Waals surface area contributed by atoms with Crippen molar-refractivity contribution >= 4 is 11.9 Å². The first-order valence-electron chi connectivity index (χ1n) is 6.19. The third-order valence-corrected chi connectivity index (χ3v) is 3.36. The average molecular weight is 272 g/mol. The zero-order valence-electron chi connectivity index (χ0n) is 11.4. The van der Waals surface area contributed by atoms with Crippen molar-refractivity contribution < 1.29 is 14.7 Å². The van der Waals surface area contributed by atoms with Crippen molar-refractivity contribution in [2.75, 3.05) is 0 Å². The van der Waals surface area contributed by atoms with Crippen molar-refractivity contribution in [3.8, 4) is 0 Å². The lowest BCUT2D eigenvalue weighted by Crippen LogP contribution is -2.12. The number of amides is 1. The molecule has 0 aliphatic heterocycles. The highest BCUT2D eigenvalue weighted by atomic mass is 16.4. The molecular formula is C15H16N2O3. The Hall–Kier alpha value is -2.56. The van der Waals surface area contributed by atoms with Gasteiger partial charge in [-0.15, -0.1) is 0 Å². The molecule has 0 atom stereocenters. The molecule has 5 nitrogen and oxygen atoms in total. The van der Waals surface area contributed by atoms with Crippen molar-refractivity contribution in [2.45, 2.75) is 20.4 Å². The number of carboxylic acids is 1. The van der Waals surface area contributed by atoms with Crippen LogP contribution in [-0.2, 0) is 6.54 Å². The minimum absolute atomic E-state index is 0.300. The number of carbonyl (C=O) groups is 2. The minimum Gasteiger partial charge on any atom is -0.478 e. The number of hydrogen-bond acceptors (Lipinski definition) is 2. The smallest absolute Gasteiger partial charge is 0.337 e. The van der Waals surface area contributed by atoms with Gasteiger partial charge < -0.3 is 15.4 Å². The maximum absolute atomic E-state index is 11.2. The Morgan fingerprint density at radius 1 is 1.25 bits per heavy atom. The first kappa shape index (κ1) is 13.9. The van der Waals surface area contributed by atoms with E-state index in [0.717, 1.165) is 11.3 Å². The lowest BCUT2D eigenvalue weighted by molar-refractivity contribution is 0.0695. The summed E-state index contributed by atoms with van der Waals surface area (Å²) in [6.45, 7) is 4.14. The second-order valence-electron chi connectivity index (χ2n) is 4.74. The molecule has 2 rings (SSSR count). The molecule has 0 spiro atoms. The summed E-state index contributed by atoms with van der Waals surface area (Å²) in [6, 6.07) is 8.68. The number of carboxylic acid groups (broad SMARTS) is 1. The van der Waals surface area contributed by atoms with E-state index in [0.29, 0.717) is 23.4 Å². The highest BCUT2D eigenvalue weighted by molar-refractivity contribution is 5.93. The van der Waals surface area contributed by atoms with E-state index >= 15 is 0 Å². The van der Waals surface area contributed by atoms with Crippen LogP contribution in [0.1, 0.15) is 37.7 Å². The van der Waals surface area contributed by atoms with Gasteiger partial charge in [-0.2, -0.15) is 0 Å². The summed E-state index contributed by atoms with van der Waals surface area (Å²) < 4.78 is 1.91. The van der Waals surface area contributed by atoms with Crippen LogP contribution in [0.25, 0.3) is 0 Å². The number of rotatable bonds is 4. The molecule has 0 saturated carbocycles. The Balaban J connectivity index is 2.37. The topological polar surface area (TPSA) is 85.3 Å². The van der Waals surface area contributed by atoms with Gasteiger partial charge in [0.05, 0.1) is 5.56 Å². The molecule has 1 amide bonds. The van der Waals surface area contributed by atoms with E-state index in [9.17, 15) is 9.59 Å². The molecule has 20 heavy (non-hydrogen) atoms. The van der Waals surface area contributed by atoms with Crippen LogP contribution in [0.15, 0.2) is 30.3 Å². The summed E-state index contributed by atoms with van der Waals surface area (Å²) >= 11 is 0. The number of nitrogens with two attached hydrogens (primary N) is 1. The third kappa shape index (κ3) is 2.56. The second kappa shape index (κ2) is 5.21. The summed E-state index contributed by atoms with van der Waals surface area (Å²) in [5.74, 6) is -1.41. The standard InChI is InChI=1S/C15H16N2O3/c1-9-6-13(15(19)20)10(2)17(9)8-11-4-3-5-12(7-11)14(16)18/h3-7H,8H2,1-2H3,(H2,16,18)(H,19,20). The molecule has 1 heterocycles. The van der Waals surface area contributed by atoms with Crippen LogP contribution in [0.2, 0.25) is 0 Å². The quantitative estimate of drug-likeness (QED) is 0.892. The second-order valence-corrected chi connectivity index (χ2v) is 4.74. The van der Waals surface area contributed by atoms with Gasteiger partial charge in [-0.05, 0) is 37.6 Å². The van der Waals surface area contributed by atoms with E-state index in [4.69, 9.17) is 10.8 Å². The number of aromatic nitrogens is 1. The molecule has 1 aromatic heterocycles. The van der Waals surface area contributed by atoms with Gasteiger partial charge >= 0.3 is 5.97 Å². The molecule has 2 aromatic rings. The van der Waals surface area contributed by atoms with E-state index in [2.05, 4.69) is 0 Å². The van der Waals surface area contributed by atoms with Gasteiger partial charge in [-0.25, -0.2) is 4.79 Å². The zero-order valence-corrected chi connectivity index (χ0v) is 11.4. The molecular weight excluding hydrogens is 256 g/mol. The van der Waals surface area contributed by atoms with E-state index in [-0.39, 0.29) is 0 Å². The normalized spacial score (nSPS) is 10.5. The van der Waals surface area contributed by atoms with Crippen LogP contribution in [0.5, 0.6) is 0 Å². The molecule has 0 bridgehead atoms. The minimum atomic E-state index is -0.935. The molecule has 0 aliphatic carbocycles. The van der Waals surface area contributed by atoms with Gasteiger partial charge in [0, 0.05) is 23.5 Å². The van der Waals surface area contributed by atoms with Crippen LogP contribution in [0.3, 0.4) is 0 Å². The first-order valence-corrected chi connectivity index (χ1v) is 6.19. The van der Waals surface area contributed by atoms with Gasteiger partial charge in [0.1, 0.15) is 0 Å². The zero-order chi connectivity index (χ0) is 14.9. The van der Waals surface area contributed by atoms with Crippen LogP contribution >= 0.6 is 0 Å². The number of benzene rings is 1. The molecule has 3 N–H and O–H groups in total. The Labute approximate surface area is 116 Å². The number of carbonyl (C=O) groups excluding carboxylic acids is 1. The van der Waals surface area contributed by atoms with Gasteiger partial charge in [0.15, 0.2) is 0 Å². The number of aromatic carboxylic acids is 1. The Kier molecular flexibility index (Phi) is 3.61. The van der Waals surface area contributed by atoms with Gasteiger partial charge in [-0.3, -0.25) is 4.79 Å². The summed E-state index contributed by atoms with van der Waals surface area (Å²) in [5.41, 5.74) is 8.47. The lowest BCUT2D eigenvalue weighted by Gasteiger charge is -2.10. The molecule has 1 aromatic carbocycles. The van der Waals surface area contributed by atoms with E-state index in [1.165, 1.54) is 0 Å². The summed E-state index contributed by atoms with van der Waals surface area (Å²) in [4.78, 5) is 22.3. The number of primary amides is 1. The fourth-order valence-electron chi connectivity index (χ4n) is 2.27. The molecule has 0 fully saturated rings. The maximum Gasteiger partial charge on any atom is 0.337 e. The highest BCUT2D eigenvalue weighted by Crippen LogP contribution is 2.17. The SMILES string of the molecule is Cc1cc(C(=O)O)c(C)n1Cc1cccc(C(N)=O)c1. The predicted octanol–water partition coefficient (Wildman–Crippen LogP) is 1.95. The summed E-state index contributed by atoms with van der Waals surface area (Å²) in [5, 5.41) is 9.11. The monoisotopic (exact) mass is 272 g/mol. The molecule has 5 heteroatoms. The average Bonchev–Trinajstić information content (AvgIpc) is 2.67. The van der Waals surface area contributed by atoms with Crippen LogP contribution in [0.4, 0.5) is 0 Å². The Bertz CT molecular complexity index is 686. The maximum atomic E-state index is 11.2. The van der Waals surface area contributed by atoms with E-state index in [1.54, 1.807) is 31.2 Å². The van der Waals surface area contributed by atoms with Gasteiger partial charge in [0.2, 0.25) is 5.91 Å². The van der Waals surface area contributed by atoms with Crippen molar-refractivity contribution in [3.63, 3.8) is 0 Å². The molecule has 104 valence electrons. The molecule has 0 aliphatic rings. The number of hydrogen-bond donors (Lipinski definition) is 2. The third-order valence-electron chi connectivity index (χ3n) is 3.36.